The first-order valence-corrected chi connectivity index (χ1v) is 6.92. The van der Waals surface area contributed by atoms with Gasteiger partial charge in [0.05, 0.1) is 12.7 Å². The third-order valence-corrected chi connectivity index (χ3v) is 4.10. The van der Waals surface area contributed by atoms with Gasteiger partial charge < -0.3 is 10.1 Å². The number of rotatable bonds is 3. The molecule has 0 saturated carbocycles. The predicted molar refractivity (Wildman–Crippen MR) is 76.0 cm³/mol. The summed E-state index contributed by atoms with van der Waals surface area (Å²) in [6.07, 6.45) is 6.30. The number of fused-ring (bicyclic) bond motifs is 2. The van der Waals surface area contributed by atoms with E-state index in [1.165, 1.54) is 25.3 Å². The summed E-state index contributed by atoms with van der Waals surface area (Å²) in [6, 6.07) is 8.10. The van der Waals surface area contributed by atoms with Crippen molar-refractivity contribution in [2.24, 2.45) is 0 Å². The molecule has 0 radical (unpaired) electrons. The van der Waals surface area contributed by atoms with Crippen molar-refractivity contribution < 1.29 is 9.13 Å². The highest BCUT2D eigenvalue weighted by Crippen LogP contribution is 2.28. The highest BCUT2D eigenvalue weighted by atomic mass is 35.5. The lowest BCUT2D eigenvalue weighted by Crippen LogP contribution is -2.50. The molecule has 2 nitrogen and oxygen atoms in total. The molecule has 2 fully saturated rings. The van der Waals surface area contributed by atoms with Crippen LogP contribution in [0.4, 0.5) is 4.39 Å². The Morgan fingerprint density at radius 2 is 1.84 bits per heavy atom. The van der Waals surface area contributed by atoms with Crippen LogP contribution in [0.3, 0.4) is 0 Å². The van der Waals surface area contributed by atoms with Crippen molar-refractivity contribution in [2.75, 3.05) is 0 Å². The number of benzene rings is 1. The van der Waals surface area contributed by atoms with Gasteiger partial charge in [0.15, 0.2) is 0 Å². The molecule has 1 aromatic carbocycles. The monoisotopic (exact) mass is 285 g/mol. The minimum atomic E-state index is -0.161. The van der Waals surface area contributed by atoms with Crippen LogP contribution in [-0.4, -0.2) is 18.2 Å². The summed E-state index contributed by atoms with van der Waals surface area (Å²) in [6.45, 7) is 0.400. The first-order chi connectivity index (χ1) is 8.81. The fraction of sp³-hybridized carbons (Fsp3) is 0.600. The van der Waals surface area contributed by atoms with Crippen molar-refractivity contribution in [3.8, 4) is 0 Å². The molecule has 1 aromatic rings. The van der Waals surface area contributed by atoms with Crippen LogP contribution in [-0.2, 0) is 11.3 Å². The Kier molecular flexibility index (Phi) is 5.20. The molecular formula is C15H21ClFNO. The Bertz CT molecular complexity index is 403. The highest BCUT2D eigenvalue weighted by molar-refractivity contribution is 5.85. The van der Waals surface area contributed by atoms with Crippen LogP contribution in [0, 0.1) is 5.82 Å². The second-order valence-corrected chi connectivity index (χ2v) is 5.49. The van der Waals surface area contributed by atoms with E-state index in [2.05, 4.69) is 5.32 Å². The largest absolute Gasteiger partial charge is 0.373 e. The maximum absolute atomic E-state index is 13.5. The Labute approximate surface area is 120 Å². The normalized spacial score (nSPS) is 29.6. The smallest absolute Gasteiger partial charge is 0.128 e. The highest BCUT2D eigenvalue weighted by Gasteiger charge is 2.31. The van der Waals surface area contributed by atoms with E-state index in [1.807, 2.05) is 6.07 Å². The van der Waals surface area contributed by atoms with Crippen molar-refractivity contribution >= 4 is 12.4 Å². The Balaban J connectivity index is 0.00000133. The lowest BCUT2D eigenvalue weighted by Gasteiger charge is -2.40. The molecule has 0 aromatic heterocycles. The van der Waals surface area contributed by atoms with Crippen molar-refractivity contribution in [1.29, 1.82) is 0 Å². The van der Waals surface area contributed by atoms with Crippen LogP contribution in [0.15, 0.2) is 24.3 Å². The molecule has 0 spiro atoms. The van der Waals surface area contributed by atoms with Gasteiger partial charge in [-0.1, -0.05) is 24.6 Å². The van der Waals surface area contributed by atoms with Gasteiger partial charge in [-0.2, -0.15) is 0 Å². The van der Waals surface area contributed by atoms with Crippen LogP contribution >= 0.6 is 12.4 Å². The third-order valence-electron chi connectivity index (χ3n) is 4.10. The second-order valence-electron chi connectivity index (χ2n) is 5.49. The predicted octanol–water partition coefficient (Wildman–Crippen LogP) is 3.44. The van der Waals surface area contributed by atoms with Crippen molar-refractivity contribution in [2.45, 2.75) is 56.9 Å². The Morgan fingerprint density at radius 3 is 2.53 bits per heavy atom. The average molecular weight is 286 g/mol. The molecule has 0 amide bonds. The molecule has 2 bridgehead atoms. The molecule has 4 heteroatoms. The van der Waals surface area contributed by atoms with E-state index >= 15 is 0 Å². The van der Waals surface area contributed by atoms with E-state index < -0.39 is 0 Å². The summed E-state index contributed by atoms with van der Waals surface area (Å²) in [5.74, 6) is -0.161. The summed E-state index contributed by atoms with van der Waals surface area (Å²) in [7, 11) is 0. The minimum Gasteiger partial charge on any atom is -0.373 e. The quantitative estimate of drug-likeness (QED) is 0.919. The van der Waals surface area contributed by atoms with Crippen LogP contribution < -0.4 is 5.32 Å². The first-order valence-electron chi connectivity index (χ1n) is 6.92. The topological polar surface area (TPSA) is 21.3 Å². The molecule has 2 aliphatic heterocycles. The first kappa shape index (κ1) is 14.8. The van der Waals surface area contributed by atoms with E-state index in [1.54, 1.807) is 12.1 Å². The minimum absolute atomic E-state index is 0. The molecule has 2 saturated heterocycles. The summed E-state index contributed by atoms with van der Waals surface area (Å²) >= 11 is 0. The molecular weight excluding hydrogens is 265 g/mol. The number of hydrogen-bond donors (Lipinski definition) is 1. The van der Waals surface area contributed by atoms with E-state index in [0.717, 1.165) is 12.8 Å². The summed E-state index contributed by atoms with van der Waals surface area (Å²) < 4.78 is 19.4. The van der Waals surface area contributed by atoms with Gasteiger partial charge in [0.2, 0.25) is 0 Å². The molecule has 3 atom stereocenters. The fourth-order valence-electron chi connectivity index (χ4n) is 3.17. The Morgan fingerprint density at radius 1 is 1.16 bits per heavy atom. The van der Waals surface area contributed by atoms with E-state index in [9.17, 15) is 4.39 Å². The average Bonchev–Trinajstić information content (AvgIpc) is 2.37. The second kappa shape index (κ2) is 6.69. The Hall–Kier alpha value is -0.640. The van der Waals surface area contributed by atoms with E-state index in [-0.39, 0.29) is 18.2 Å². The molecule has 1 N–H and O–H groups in total. The van der Waals surface area contributed by atoms with Gasteiger partial charge in [0, 0.05) is 17.6 Å². The van der Waals surface area contributed by atoms with Gasteiger partial charge in [0.25, 0.3) is 0 Å². The van der Waals surface area contributed by atoms with Gasteiger partial charge in [-0.05, 0) is 31.7 Å². The van der Waals surface area contributed by atoms with Crippen LogP contribution in [0.2, 0.25) is 0 Å². The SMILES string of the molecule is Cl.Fc1ccccc1COC1C[C@H]2CCC[C@@H](C1)N2. The van der Waals surface area contributed by atoms with Crippen LogP contribution in [0.5, 0.6) is 0 Å². The lowest BCUT2D eigenvalue weighted by atomic mass is 9.85. The maximum atomic E-state index is 13.5. The van der Waals surface area contributed by atoms with E-state index in [4.69, 9.17) is 4.74 Å². The molecule has 3 rings (SSSR count). The molecule has 1 unspecified atom stereocenters. The summed E-state index contributed by atoms with van der Waals surface area (Å²) in [5, 5.41) is 3.64. The van der Waals surface area contributed by atoms with Crippen LogP contribution in [0.25, 0.3) is 0 Å². The molecule has 0 aliphatic carbocycles. The lowest BCUT2D eigenvalue weighted by molar-refractivity contribution is -0.0106. The molecule has 2 aliphatic rings. The van der Waals surface area contributed by atoms with Crippen molar-refractivity contribution in [3.63, 3.8) is 0 Å². The van der Waals surface area contributed by atoms with Gasteiger partial charge >= 0.3 is 0 Å². The molecule has 106 valence electrons. The van der Waals surface area contributed by atoms with Gasteiger partial charge in [-0.15, -0.1) is 12.4 Å². The number of hydrogen-bond acceptors (Lipinski definition) is 2. The maximum Gasteiger partial charge on any atom is 0.128 e. The molecule has 2 heterocycles. The number of piperidine rings is 2. The summed E-state index contributed by atoms with van der Waals surface area (Å²) in [4.78, 5) is 0. The zero-order valence-electron chi connectivity index (χ0n) is 11.0. The third kappa shape index (κ3) is 3.68. The van der Waals surface area contributed by atoms with Gasteiger partial charge in [-0.25, -0.2) is 4.39 Å². The van der Waals surface area contributed by atoms with Crippen molar-refractivity contribution in [1.82, 2.24) is 5.32 Å². The number of nitrogens with one attached hydrogen (secondary N) is 1. The van der Waals surface area contributed by atoms with Gasteiger partial charge in [0.1, 0.15) is 5.82 Å². The number of halogens is 2. The van der Waals surface area contributed by atoms with Gasteiger partial charge in [-0.3, -0.25) is 0 Å². The number of ether oxygens (including phenoxy) is 1. The zero-order chi connectivity index (χ0) is 12.4. The molecule has 19 heavy (non-hydrogen) atoms. The van der Waals surface area contributed by atoms with Crippen LogP contribution in [0.1, 0.15) is 37.7 Å². The zero-order valence-corrected chi connectivity index (χ0v) is 11.8. The van der Waals surface area contributed by atoms with Crippen molar-refractivity contribution in [3.05, 3.63) is 35.6 Å². The summed E-state index contributed by atoms with van der Waals surface area (Å²) in [5.41, 5.74) is 0.668. The fourth-order valence-corrected chi connectivity index (χ4v) is 3.17. The standard InChI is InChI=1S/C15H20FNO.ClH/c16-15-7-2-1-4-11(15)10-18-14-8-12-5-3-6-13(9-14)17-12;/h1-2,4,7,12-14,17H,3,5-6,8-10H2;1H/t12-,13+,14?;. The van der Waals surface area contributed by atoms with E-state index in [0.29, 0.717) is 30.4 Å².